The van der Waals surface area contributed by atoms with Crippen molar-refractivity contribution in [2.75, 3.05) is 23.3 Å². The fraction of sp³-hybridized carbons (Fsp3) is 0.438. The molecule has 0 spiro atoms. The number of carbonyl (C=O) groups is 2. The number of carbonyl (C=O) groups excluding carboxylic acids is 1. The van der Waals surface area contributed by atoms with E-state index in [-0.39, 0.29) is 36.6 Å². The number of carboxylic acid groups (broad SMARTS) is 1. The van der Waals surface area contributed by atoms with Gasteiger partial charge >= 0.3 is 5.97 Å². The van der Waals surface area contributed by atoms with Crippen LogP contribution in [0.2, 0.25) is 0 Å². The monoisotopic (exact) mass is 559 g/mol. The molecule has 2 fully saturated rings. The Bertz CT molecular complexity index is 1360. The molecule has 1 saturated carbocycles. The van der Waals surface area contributed by atoms with Crippen LogP contribution in [0.5, 0.6) is 0 Å². The highest BCUT2D eigenvalue weighted by molar-refractivity contribution is 5.85. The van der Waals surface area contributed by atoms with Crippen LogP contribution in [0.3, 0.4) is 0 Å². The summed E-state index contributed by atoms with van der Waals surface area (Å²) in [7, 11) is 0. The van der Waals surface area contributed by atoms with Gasteiger partial charge in [0.1, 0.15) is 12.4 Å². The van der Waals surface area contributed by atoms with E-state index in [0.29, 0.717) is 19.4 Å². The van der Waals surface area contributed by atoms with Gasteiger partial charge in [-0.1, -0.05) is 67.8 Å². The Morgan fingerprint density at radius 3 is 2.51 bits per heavy atom. The van der Waals surface area contributed by atoms with Crippen molar-refractivity contribution in [1.29, 1.82) is 0 Å². The van der Waals surface area contributed by atoms with Crippen LogP contribution < -0.4 is 15.5 Å². The second-order valence-electron chi connectivity index (χ2n) is 11.2. The standard InChI is InChI=1S/C32H38FN5O3/c1-21-8-5-6-12-26(21)23-15-13-22(14-16-23)18-27(32(40)41)37-31(39)24-9-7-17-38(19-24)30-28(33)29(34-20-35-30)36-25-10-3-2-4-11-25/h5-6,8,12-16,20,24-25,27H,2-4,7,9-11,17-19H2,1H3,(H,37,39)(H,40,41)(H,34,35,36)/t24?,27-/m0/s1. The number of hydrogen-bond donors (Lipinski definition) is 3. The molecule has 3 N–H and O–H groups in total. The van der Waals surface area contributed by atoms with Crippen molar-refractivity contribution in [2.24, 2.45) is 5.92 Å². The molecule has 2 aromatic carbocycles. The molecule has 2 heterocycles. The normalized spacial score (nSPS) is 18.5. The number of benzene rings is 2. The first kappa shape index (κ1) is 28.5. The number of carboxylic acids is 1. The Balaban J connectivity index is 1.22. The van der Waals surface area contributed by atoms with Crippen LogP contribution in [0.15, 0.2) is 54.9 Å². The number of hydrogen-bond acceptors (Lipinski definition) is 6. The zero-order valence-electron chi connectivity index (χ0n) is 23.5. The van der Waals surface area contributed by atoms with Crippen molar-refractivity contribution in [3.63, 3.8) is 0 Å². The van der Waals surface area contributed by atoms with Gasteiger partial charge in [0.2, 0.25) is 11.7 Å². The number of piperidine rings is 1. The molecule has 5 rings (SSSR count). The highest BCUT2D eigenvalue weighted by atomic mass is 19.1. The third kappa shape index (κ3) is 7.01. The predicted octanol–water partition coefficient (Wildman–Crippen LogP) is 5.36. The van der Waals surface area contributed by atoms with Crippen molar-refractivity contribution >= 4 is 23.5 Å². The largest absolute Gasteiger partial charge is 0.480 e. The van der Waals surface area contributed by atoms with Crippen LogP contribution in [0.25, 0.3) is 11.1 Å². The summed E-state index contributed by atoms with van der Waals surface area (Å²) in [6.45, 7) is 2.88. The molecule has 1 aliphatic heterocycles. The van der Waals surface area contributed by atoms with Crippen molar-refractivity contribution in [3.05, 3.63) is 71.8 Å². The lowest BCUT2D eigenvalue weighted by molar-refractivity contribution is -0.142. The van der Waals surface area contributed by atoms with E-state index in [0.717, 1.165) is 47.9 Å². The van der Waals surface area contributed by atoms with E-state index >= 15 is 4.39 Å². The van der Waals surface area contributed by atoms with Gasteiger partial charge in [0.05, 0.1) is 5.92 Å². The maximum Gasteiger partial charge on any atom is 0.326 e. The molecule has 8 nitrogen and oxygen atoms in total. The van der Waals surface area contributed by atoms with E-state index < -0.39 is 23.7 Å². The molecule has 1 unspecified atom stereocenters. The van der Waals surface area contributed by atoms with Gasteiger partial charge in [-0.05, 0) is 54.9 Å². The number of nitrogens with one attached hydrogen (secondary N) is 2. The van der Waals surface area contributed by atoms with Crippen LogP contribution >= 0.6 is 0 Å². The second kappa shape index (κ2) is 13.1. The van der Waals surface area contributed by atoms with Gasteiger partial charge in [-0.25, -0.2) is 14.8 Å². The third-order valence-electron chi connectivity index (χ3n) is 8.27. The first-order chi connectivity index (χ1) is 19.9. The minimum Gasteiger partial charge on any atom is -0.480 e. The second-order valence-corrected chi connectivity index (χ2v) is 11.2. The lowest BCUT2D eigenvalue weighted by Gasteiger charge is -2.33. The first-order valence-corrected chi connectivity index (χ1v) is 14.6. The molecule has 41 heavy (non-hydrogen) atoms. The van der Waals surface area contributed by atoms with Gasteiger partial charge in [-0.15, -0.1) is 0 Å². The summed E-state index contributed by atoms with van der Waals surface area (Å²) in [4.78, 5) is 35.4. The van der Waals surface area contributed by atoms with Gasteiger partial charge in [-0.3, -0.25) is 4.79 Å². The molecule has 2 aliphatic rings. The zero-order chi connectivity index (χ0) is 28.8. The van der Waals surface area contributed by atoms with Crippen LogP contribution in [-0.2, 0) is 16.0 Å². The van der Waals surface area contributed by atoms with E-state index in [1.54, 1.807) is 4.90 Å². The van der Waals surface area contributed by atoms with E-state index in [4.69, 9.17) is 0 Å². The first-order valence-electron chi connectivity index (χ1n) is 14.6. The van der Waals surface area contributed by atoms with Crippen LogP contribution in [0.4, 0.5) is 16.0 Å². The summed E-state index contributed by atoms with van der Waals surface area (Å²) in [5, 5.41) is 15.9. The molecule has 1 amide bonds. The van der Waals surface area contributed by atoms with Gasteiger partial charge in [0.25, 0.3) is 0 Å². The molecule has 3 aromatic rings. The molecule has 0 bridgehead atoms. The summed E-state index contributed by atoms with van der Waals surface area (Å²) in [6, 6.07) is 15.0. The number of rotatable bonds is 9. The van der Waals surface area contributed by atoms with Gasteiger partial charge < -0.3 is 20.6 Å². The zero-order valence-corrected chi connectivity index (χ0v) is 23.5. The number of anilines is 2. The van der Waals surface area contributed by atoms with Crippen molar-refractivity contribution in [3.8, 4) is 11.1 Å². The summed E-state index contributed by atoms with van der Waals surface area (Å²) >= 11 is 0. The van der Waals surface area contributed by atoms with Gasteiger partial charge in [0.15, 0.2) is 11.6 Å². The minimum absolute atomic E-state index is 0.169. The topological polar surface area (TPSA) is 107 Å². The van der Waals surface area contributed by atoms with E-state index in [1.165, 1.54) is 12.7 Å². The molecular weight excluding hydrogens is 521 g/mol. The Morgan fingerprint density at radius 2 is 1.78 bits per heavy atom. The third-order valence-corrected chi connectivity index (χ3v) is 8.27. The number of halogens is 1. The van der Waals surface area contributed by atoms with Crippen LogP contribution in [0.1, 0.15) is 56.1 Å². The van der Waals surface area contributed by atoms with Gasteiger partial charge in [0, 0.05) is 25.6 Å². The van der Waals surface area contributed by atoms with Crippen LogP contribution in [0, 0.1) is 18.7 Å². The SMILES string of the molecule is Cc1ccccc1-c1ccc(C[C@H](NC(=O)C2CCCN(c3ncnc(NC4CCCCC4)c3F)C2)C(=O)O)cc1. The Morgan fingerprint density at radius 1 is 1.02 bits per heavy atom. The lowest BCUT2D eigenvalue weighted by atomic mass is 9.95. The maximum absolute atomic E-state index is 15.4. The number of aryl methyl sites for hydroxylation is 1. The molecule has 1 aromatic heterocycles. The van der Waals surface area contributed by atoms with E-state index in [2.05, 4.69) is 39.7 Å². The van der Waals surface area contributed by atoms with E-state index in [1.807, 2.05) is 36.4 Å². The molecule has 2 atom stereocenters. The Hall–Kier alpha value is -4.01. The minimum atomic E-state index is -1.09. The van der Waals surface area contributed by atoms with Crippen molar-refractivity contribution in [2.45, 2.75) is 70.4 Å². The molecule has 1 saturated heterocycles. The summed E-state index contributed by atoms with van der Waals surface area (Å²) in [6.07, 6.45) is 8.23. The fourth-order valence-electron chi connectivity index (χ4n) is 5.95. The van der Waals surface area contributed by atoms with Crippen LogP contribution in [-0.4, -0.2) is 52.1 Å². The number of aromatic nitrogens is 2. The smallest absolute Gasteiger partial charge is 0.326 e. The fourth-order valence-corrected chi connectivity index (χ4v) is 5.95. The maximum atomic E-state index is 15.4. The average molecular weight is 560 g/mol. The lowest BCUT2D eigenvalue weighted by Crippen LogP contribution is -2.49. The van der Waals surface area contributed by atoms with Gasteiger partial charge in [-0.2, -0.15) is 4.39 Å². The molecule has 216 valence electrons. The Labute approximate surface area is 240 Å². The molecule has 1 aliphatic carbocycles. The Kier molecular flexibility index (Phi) is 9.11. The highest BCUT2D eigenvalue weighted by Crippen LogP contribution is 2.29. The molecular formula is C32H38FN5O3. The van der Waals surface area contributed by atoms with E-state index in [9.17, 15) is 14.7 Å². The average Bonchev–Trinajstić information content (AvgIpc) is 2.99. The predicted molar refractivity (Wildman–Crippen MR) is 157 cm³/mol. The quantitative estimate of drug-likeness (QED) is 0.324. The number of nitrogens with zero attached hydrogens (tertiary/aromatic N) is 3. The number of amides is 1. The number of aliphatic carboxylic acids is 1. The molecule has 0 radical (unpaired) electrons. The van der Waals surface area contributed by atoms with Crippen molar-refractivity contribution in [1.82, 2.24) is 15.3 Å². The molecule has 9 heteroatoms. The van der Waals surface area contributed by atoms with Crippen molar-refractivity contribution < 1.29 is 19.1 Å². The summed E-state index contributed by atoms with van der Waals surface area (Å²) in [5.41, 5.74) is 4.16. The summed E-state index contributed by atoms with van der Waals surface area (Å²) in [5.74, 6) is -2.02. The summed E-state index contributed by atoms with van der Waals surface area (Å²) < 4.78 is 15.4. The highest BCUT2D eigenvalue weighted by Gasteiger charge is 2.31.